The summed E-state index contributed by atoms with van der Waals surface area (Å²) < 4.78 is 15.1. The second-order valence-electron chi connectivity index (χ2n) is 5.71. The lowest BCUT2D eigenvalue weighted by atomic mass is 10.2. The van der Waals surface area contributed by atoms with E-state index in [1.165, 1.54) is 25.3 Å². The Morgan fingerprint density at radius 1 is 1.08 bits per heavy atom. The van der Waals surface area contributed by atoms with Gasteiger partial charge in [-0.1, -0.05) is 19.8 Å². The number of methoxy groups -OCH3 is 1. The topological polar surface area (TPSA) is 105 Å². The fourth-order valence-corrected chi connectivity index (χ4v) is 2.19. The number of nitro groups is 1. The molecule has 26 heavy (non-hydrogen) atoms. The fraction of sp³-hybridized carbons (Fsp3) is 0.556. The Balaban J connectivity index is 2.30. The lowest BCUT2D eigenvalue weighted by Gasteiger charge is -2.07. The maximum atomic E-state index is 11.7. The van der Waals surface area contributed by atoms with Gasteiger partial charge in [-0.2, -0.15) is 0 Å². The molecule has 8 nitrogen and oxygen atoms in total. The van der Waals surface area contributed by atoms with Crippen molar-refractivity contribution in [3.63, 3.8) is 0 Å². The molecule has 0 N–H and O–H groups in total. The summed E-state index contributed by atoms with van der Waals surface area (Å²) in [6, 6.07) is 4.26. The van der Waals surface area contributed by atoms with Gasteiger partial charge in [-0.3, -0.25) is 19.7 Å². The quantitative estimate of drug-likeness (QED) is 0.241. The van der Waals surface area contributed by atoms with Crippen LogP contribution in [-0.2, 0) is 25.7 Å². The molecular weight excluding hydrogens is 342 g/mol. The highest BCUT2D eigenvalue weighted by atomic mass is 16.6. The lowest BCUT2D eigenvalue weighted by molar-refractivity contribution is -0.385. The Morgan fingerprint density at radius 3 is 2.38 bits per heavy atom. The molecule has 1 rings (SSSR count). The van der Waals surface area contributed by atoms with Gasteiger partial charge >= 0.3 is 17.6 Å². The molecule has 8 heteroatoms. The van der Waals surface area contributed by atoms with Crippen LogP contribution < -0.4 is 4.74 Å². The number of carbonyl (C=O) groups is 2. The SMILES string of the molecule is CCCCCOC(=O)CCCC(=O)OCc1ccc([N+](=O)[O-])c(OC)c1. The summed E-state index contributed by atoms with van der Waals surface area (Å²) in [5.74, 6) is -0.649. The van der Waals surface area contributed by atoms with Crippen LogP contribution in [0.1, 0.15) is 51.0 Å². The molecule has 1 aromatic rings. The standard InChI is InChI=1S/C18H25NO7/c1-3-4-5-11-25-17(20)7-6-8-18(21)26-13-14-9-10-15(19(22)23)16(12-14)24-2/h9-10,12H,3-8,11,13H2,1-2H3. The highest BCUT2D eigenvalue weighted by Crippen LogP contribution is 2.27. The van der Waals surface area contributed by atoms with Crippen LogP contribution >= 0.6 is 0 Å². The van der Waals surface area contributed by atoms with Gasteiger partial charge in [0, 0.05) is 18.9 Å². The van der Waals surface area contributed by atoms with Gasteiger partial charge in [0.15, 0.2) is 5.75 Å². The number of rotatable bonds is 12. The number of unbranched alkanes of at least 4 members (excludes halogenated alkanes) is 2. The summed E-state index contributed by atoms with van der Waals surface area (Å²) in [6.07, 6.45) is 3.57. The van der Waals surface area contributed by atoms with Crippen LogP contribution in [-0.4, -0.2) is 30.6 Å². The average molecular weight is 367 g/mol. The maximum Gasteiger partial charge on any atom is 0.310 e. The number of esters is 2. The first-order chi connectivity index (χ1) is 12.5. The normalized spacial score (nSPS) is 10.2. The number of nitrogens with zero attached hydrogens (tertiary/aromatic N) is 1. The molecule has 0 spiro atoms. The highest BCUT2D eigenvalue weighted by molar-refractivity contribution is 5.72. The van der Waals surface area contributed by atoms with E-state index in [-0.39, 0.29) is 36.9 Å². The molecule has 1 aromatic carbocycles. The van der Waals surface area contributed by atoms with Crippen LogP contribution in [0.15, 0.2) is 18.2 Å². The summed E-state index contributed by atoms with van der Waals surface area (Å²) in [6.45, 7) is 2.47. The Labute approximate surface area is 152 Å². The molecule has 0 heterocycles. The molecule has 0 aliphatic heterocycles. The van der Waals surface area contributed by atoms with Gasteiger partial charge in [0.1, 0.15) is 6.61 Å². The monoisotopic (exact) mass is 367 g/mol. The van der Waals surface area contributed by atoms with E-state index < -0.39 is 10.9 Å². The van der Waals surface area contributed by atoms with Crippen molar-refractivity contribution in [1.82, 2.24) is 0 Å². The van der Waals surface area contributed by atoms with E-state index in [0.29, 0.717) is 18.6 Å². The first kappa shape index (κ1) is 21.4. The third-order valence-corrected chi connectivity index (χ3v) is 3.61. The number of hydrogen-bond acceptors (Lipinski definition) is 7. The molecule has 144 valence electrons. The smallest absolute Gasteiger partial charge is 0.310 e. The first-order valence-electron chi connectivity index (χ1n) is 8.60. The van der Waals surface area contributed by atoms with Crippen LogP contribution in [0.3, 0.4) is 0 Å². The summed E-state index contributed by atoms with van der Waals surface area (Å²) in [7, 11) is 1.33. The van der Waals surface area contributed by atoms with E-state index in [1.807, 2.05) is 0 Å². The molecular formula is C18H25NO7. The van der Waals surface area contributed by atoms with E-state index in [2.05, 4.69) is 6.92 Å². The van der Waals surface area contributed by atoms with Crippen molar-refractivity contribution in [1.29, 1.82) is 0 Å². The number of benzene rings is 1. The van der Waals surface area contributed by atoms with E-state index in [9.17, 15) is 19.7 Å². The molecule has 0 saturated heterocycles. The molecule has 0 bridgehead atoms. The van der Waals surface area contributed by atoms with Crippen molar-refractivity contribution < 1.29 is 28.7 Å². The minimum absolute atomic E-state index is 0.0192. The third-order valence-electron chi connectivity index (χ3n) is 3.61. The molecule has 0 unspecified atom stereocenters. The van der Waals surface area contributed by atoms with Gasteiger partial charge in [-0.15, -0.1) is 0 Å². The van der Waals surface area contributed by atoms with Gasteiger partial charge in [0.05, 0.1) is 18.6 Å². The van der Waals surface area contributed by atoms with E-state index in [0.717, 1.165) is 19.3 Å². The molecule has 0 aliphatic carbocycles. The van der Waals surface area contributed by atoms with Crippen molar-refractivity contribution in [3.8, 4) is 5.75 Å². The molecule has 0 aromatic heterocycles. The Hall–Kier alpha value is -2.64. The Kier molecular flexibility index (Phi) is 9.74. The zero-order chi connectivity index (χ0) is 19.4. The number of hydrogen-bond donors (Lipinski definition) is 0. The van der Waals surface area contributed by atoms with Gasteiger partial charge in [-0.05, 0) is 30.5 Å². The van der Waals surface area contributed by atoms with Crippen molar-refractivity contribution in [3.05, 3.63) is 33.9 Å². The predicted molar refractivity (Wildman–Crippen MR) is 93.8 cm³/mol. The second kappa shape index (κ2) is 11.8. The largest absolute Gasteiger partial charge is 0.490 e. The van der Waals surface area contributed by atoms with Crippen molar-refractivity contribution >= 4 is 17.6 Å². The Morgan fingerprint density at radius 2 is 1.77 bits per heavy atom. The maximum absolute atomic E-state index is 11.7. The van der Waals surface area contributed by atoms with Crippen LogP contribution in [0.5, 0.6) is 5.75 Å². The van der Waals surface area contributed by atoms with Crippen molar-refractivity contribution in [2.75, 3.05) is 13.7 Å². The fourth-order valence-electron chi connectivity index (χ4n) is 2.19. The number of nitro benzene ring substituents is 1. The van der Waals surface area contributed by atoms with Crippen molar-refractivity contribution in [2.24, 2.45) is 0 Å². The zero-order valence-corrected chi connectivity index (χ0v) is 15.2. The molecule has 0 fully saturated rings. The number of carbonyl (C=O) groups excluding carboxylic acids is 2. The molecule has 0 amide bonds. The summed E-state index contributed by atoms with van der Waals surface area (Å²) >= 11 is 0. The zero-order valence-electron chi connectivity index (χ0n) is 15.2. The van der Waals surface area contributed by atoms with E-state index in [1.54, 1.807) is 0 Å². The highest BCUT2D eigenvalue weighted by Gasteiger charge is 2.15. The van der Waals surface area contributed by atoms with E-state index >= 15 is 0 Å². The van der Waals surface area contributed by atoms with Crippen LogP contribution in [0, 0.1) is 10.1 Å². The summed E-state index contributed by atoms with van der Waals surface area (Å²) in [5, 5.41) is 10.8. The molecule has 0 radical (unpaired) electrons. The summed E-state index contributed by atoms with van der Waals surface area (Å²) in [4.78, 5) is 33.5. The van der Waals surface area contributed by atoms with E-state index in [4.69, 9.17) is 14.2 Å². The third kappa shape index (κ3) is 7.96. The average Bonchev–Trinajstić information content (AvgIpc) is 2.63. The first-order valence-corrected chi connectivity index (χ1v) is 8.60. The summed E-state index contributed by atoms with van der Waals surface area (Å²) in [5.41, 5.74) is 0.427. The van der Waals surface area contributed by atoms with Crippen LogP contribution in [0.25, 0.3) is 0 Å². The second-order valence-corrected chi connectivity index (χ2v) is 5.71. The van der Waals surface area contributed by atoms with Gasteiger partial charge in [0.2, 0.25) is 0 Å². The Bertz CT molecular complexity index is 616. The van der Waals surface area contributed by atoms with Crippen LogP contribution in [0.2, 0.25) is 0 Å². The number of ether oxygens (including phenoxy) is 3. The predicted octanol–water partition coefficient (Wildman–Crippen LogP) is 3.55. The van der Waals surface area contributed by atoms with Gasteiger partial charge < -0.3 is 14.2 Å². The molecule has 0 aliphatic rings. The van der Waals surface area contributed by atoms with Gasteiger partial charge in [-0.25, -0.2) is 0 Å². The van der Waals surface area contributed by atoms with Gasteiger partial charge in [0.25, 0.3) is 0 Å². The minimum Gasteiger partial charge on any atom is -0.490 e. The van der Waals surface area contributed by atoms with Crippen LogP contribution in [0.4, 0.5) is 5.69 Å². The molecule has 0 atom stereocenters. The van der Waals surface area contributed by atoms with Crippen molar-refractivity contribution in [2.45, 2.75) is 52.1 Å². The minimum atomic E-state index is -0.546. The lowest BCUT2D eigenvalue weighted by Crippen LogP contribution is -2.09. The molecule has 0 saturated carbocycles.